The molecule has 0 radical (unpaired) electrons. The van der Waals surface area contributed by atoms with E-state index in [2.05, 4.69) is 29.4 Å². The van der Waals surface area contributed by atoms with E-state index >= 15 is 0 Å². The van der Waals surface area contributed by atoms with Crippen molar-refractivity contribution in [3.63, 3.8) is 0 Å². The summed E-state index contributed by atoms with van der Waals surface area (Å²) in [5.41, 5.74) is 3.03. The third kappa shape index (κ3) is 4.56. The Balaban J connectivity index is 2.04. The van der Waals surface area contributed by atoms with Crippen molar-refractivity contribution >= 4 is 11.6 Å². The van der Waals surface area contributed by atoms with Gasteiger partial charge in [0, 0.05) is 17.2 Å². The van der Waals surface area contributed by atoms with Crippen LogP contribution in [0.25, 0.3) is 11.3 Å². The fourth-order valence-electron chi connectivity index (χ4n) is 3.04. The van der Waals surface area contributed by atoms with Crippen molar-refractivity contribution in [2.24, 2.45) is 5.92 Å². The number of anilines is 1. The quantitative estimate of drug-likeness (QED) is 0.607. The minimum atomic E-state index is -0.394. The van der Waals surface area contributed by atoms with Gasteiger partial charge >= 0.3 is 0 Å². The highest BCUT2D eigenvalue weighted by Gasteiger charge is 2.21. The van der Waals surface area contributed by atoms with Gasteiger partial charge in [-0.15, -0.1) is 0 Å². The molecule has 0 aliphatic rings. The van der Waals surface area contributed by atoms with Crippen LogP contribution in [0.5, 0.6) is 11.5 Å². The number of hydrogen-bond donors (Lipinski definition) is 2. The maximum Gasteiger partial charge on any atom is 0.255 e. The van der Waals surface area contributed by atoms with Crippen LogP contribution in [0.2, 0.25) is 0 Å². The Kier molecular flexibility index (Phi) is 6.16. The van der Waals surface area contributed by atoms with Gasteiger partial charge in [0.1, 0.15) is 23.0 Å². The van der Waals surface area contributed by atoms with E-state index in [-0.39, 0.29) is 5.91 Å². The predicted octanol–water partition coefficient (Wildman–Crippen LogP) is 4.68. The molecule has 0 unspecified atom stereocenters. The highest BCUT2D eigenvalue weighted by Crippen LogP contribution is 2.38. The molecule has 1 amide bonds. The minimum Gasteiger partial charge on any atom is -0.497 e. The van der Waals surface area contributed by atoms with E-state index in [1.165, 1.54) is 24.3 Å². The molecular formula is C22H24FN3O3. The van der Waals surface area contributed by atoms with Crippen LogP contribution in [0.4, 0.5) is 10.1 Å². The molecule has 0 fully saturated rings. The first-order valence-electron chi connectivity index (χ1n) is 9.29. The van der Waals surface area contributed by atoms with Gasteiger partial charge in [0.05, 0.1) is 25.6 Å². The molecule has 0 bridgehead atoms. The zero-order chi connectivity index (χ0) is 21.0. The SMILES string of the molecule is COc1ccc(-c2n[nH]c(CC(C)C)c2NC(=O)c2ccc(F)cc2)c(OC)c1. The van der Waals surface area contributed by atoms with Crippen LogP contribution in [0, 0.1) is 11.7 Å². The number of rotatable bonds is 7. The fourth-order valence-corrected chi connectivity index (χ4v) is 3.04. The number of hydrogen-bond acceptors (Lipinski definition) is 4. The Morgan fingerprint density at radius 2 is 1.86 bits per heavy atom. The number of carbonyl (C=O) groups is 1. The third-order valence-corrected chi connectivity index (χ3v) is 4.46. The van der Waals surface area contributed by atoms with Gasteiger partial charge in [-0.1, -0.05) is 13.8 Å². The maximum absolute atomic E-state index is 13.2. The van der Waals surface area contributed by atoms with Gasteiger partial charge in [-0.3, -0.25) is 9.89 Å². The van der Waals surface area contributed by atoms with Gasteiger partial charge in [-0.25, -0.2) is 4.39 Å². The van der Waals surface area contributed by atoms with E-state index in [1.807, 2.05) is 6.07 Å². The van der Waals surface area contributed by atoms with Gasteiger partial charge in [0.15, 0.2) is 0 Å². The molecule has 1 aromatic heterocycles. The van der Waals surface area contributed by atoms with Crippen molar-refractivity contribution in [2.45, 2.75) is 20.3 Å². The summed E-state index contributed by atoms with van der Waals surface area (Å²) in [4.78, 5) is 12.8. The number of aromatic amines is 1. The lowest BCUT2D eigenvalue weighted by molar-refractivity contribution is 0.102. The fraction of sp³-hybridized carbons (Fsp3) is 0.273. The van der Waals surface area contributed by atoms with Gasteiger partial charge in [0.2, 0.25) is 0 Å². The number of methoxy groups -OCH3 is 2. The molecule has 0 spiro atoms. The van der Waals surface area contributed by atoms with Gasteiger partial charge in [0.25, 0.3) is 5.91 Å². The number of amides is 1. The lowest BCUT2D eigenvalue weighted by Gasteiger charge is -2.13. The van der Waals surface area contributed by atoms with Crippen molar-refractivity contribution in [1.82, 2.24) is 10.2 Å². The lowest BCUT2D eigenvalue weighted by Crippen LogP contribution is -2.14. The van der Waals surface area contributed by atoms with Crippen LogP contribution in [-0.4, -0.2) is 30.3 Å². The average Bonchev–Trinajstić information content (AvgIpc) is 3.09. The number of benzene rings is 2. The molecule has 0 saturated heterocycles. The van der Waals surface area contributed by atoms with Crippen molar-refractivity contribution in [1.29, 1.82) is 0 Å². The maximum atomic E-state index is 13.2. The van der Waals surface area contributed by atoms with E-state index in [0.717, 1.165) is 5.69 Å². The van der Waals surface area contributed by atoms with E-state index in [4.69, 9.17) is 9.47 Å². The van der Waals surface area contributed by atoms with Crippen molar-refractivity contribution in [3.05, 3.63) is 59.5 Å². The first-order valence-corrected chi connectivity index (χ1v) is 9.29. The van der Waals surface area contributed by atoms with E-state index in [0.29, 0.717) is 46.3 Å². The molecule has 0 saturated carbocycles. The molecule has 6 nitrogen and oxygen atoms in total. The van der Waals surface area contributed by atoms with Crippen LogP contribution in [0.15, 0.2) is 42.5 Å². The van der Waals surface area contributed by atoms with Crippen LogP contribution in [-0.2, 0) is 6.42 Å². The number of nitrogens with one attached hydrogen (secondary N) is 2. The largest absolute Gasteiger partial charge is 0.497 e. The summed E-state index contributed by atoms with van der Waals surface area (Å²) >= 11 is 0. The van der Waals surface area contributed by atoms with E-state index in [1.54, 1.807) is 26.4 Å². The van der Waals surface area contributed by atoms with Crippen molar-refractivity contribution < 1.29 is 18.7 Å². The summed E-state index contributed by atoms with van der Waals surface area (Å²) in [7, 11) is 3.15. The minimum absolute atomic E-state index is 0.342. The highest BCUT2D eigenvalue weighted by atomic mass is 19.1. The van der Waals surface area contributed by atoms with E-state index in [9.17, 15) is 9.18 Å². The molecule has 3 rings (SSSR count). The Bertz CT molecular complexity index is 997. The molecule has 29 heavy (non-hydrogen) atoms. The van der Waals surface area contributed by atoms with Crippen LogP contribution in [0.1, 0.15) is 29.9 Å². The van der Waals surface area contributed by atoms with Crippen LogP contribution in [0.3, 0.4) is 0 Å². The third-order valence-electron chi connectivity index (χ3n) is 4.46. The van der Waals surface area contributed by atoms with Gasteiger partial charge in [-0.2, -0.15) is 5.10 Å². The Hall–Kier alpha value is -3.35. The molecule has 2 aromatic carbocycles. The zero-order valence-electron chi connectivity index (χ0n) is 16.9. The van der Waals surface area contributed by atoms with E-state index < -0.39 is 5.82 Å². The molecule has 0 aliphatic heterocycles. The summed E-state index contributed by atoms with van der Waals surface area (Å²) in [6, 6.07) is 10.8. The number of carbonyl (C=O) groups excluding carboxylic acids is 1. The van der Waals surface area contributed by atoms with Crippen LogP contribution >= 0.6 is 0 Å². The van der Waals surface area contributed by atoms with Gasteiger partial charge in [-0.05, 0) is 48.7 Å². The second-order valence-corrected chi connectivity index (χ2v) is 7.05. The molecule has 0 atom stereocenters. The topological polar surface area (TPSA) is 76.2 Å². The Morgan fingerprint density at radius 1 is 1.14 bits per heavy atom. The second-order valence-electron chi connectivity index (χ2n) is 7.05. The number of halogens is 1. The van der Waals surface area contributed by atoms with Crippen LogP contribution < -0.4 is 14.8 Å². The number of nitrogens with zero attached hydrogens (tertiary/aromatic N) is 1. The number of aromatic nitrogens is 2. The molecule has 7 heteroatoms. The summed E-state index contributed by atoms with van der Waals surface area (Å²) in [5, 5.41) is 10.4. The number of H-pyrrole nitrogens is 1. The lowest BCUT2D eigenvalue weighted by atomic mass is 10.0. The molecule has 2 N–H and O–H groups in total. The summed E-state index contributed by atoms with van der Waals surface area (Å²) in [6.07, 6.45) is 0.699. The normalized spacial score (nSPS) is 10.8. The molecule has 1 heterocycles. The molecule has 0 aliphatic carbocycles. The van der Waals surface area contributed by atoms with Gasteiger partial charge < -0.3 is 14.8 Å². The highest BCUT2D eigenvalue weighted by molar-refractivity contribution is 6.06. The first kappa shape index (κ1) is 20.4. The summed E-state index contributed by atoms with van der Waals surface area (Å²) < 4.78 is 24.0. The molecule has 152 valence electrons. The predicted molar refractivity (Wildman–Crippen MR) is 110 cm³/mol. The smallest absolute Gasteiger partial charge is 0.255 e. The number of ether oxygens (including phenoxy) is 2. The molecular weight excluding hydrogens is 373 g/mol. The zero-order valence-corrected chi connectivity index (χ0v) is 16.9. The second kappa shape index (κ2) is 8.77. The average molecular weight is 397 g/mol. The monoisotopic (exact) mass is 397 g/mol. The van der Waals surface area contributed by atoms with Crippen molar-refractivity contribution in [3.8, 4) is 22.8 Å². The Morgan fingerprint density at radius 3 is 2.48 bits per heavy atom. The molecule has 3 aromatic rings. The standard InChI is InChI=1S/C22H24FN3O3/c1-13(2)11-18-21(24-22(27)14-5-7-15(23)8-6-14)20(26-25-18)17-10-9-16(28-3)12-19(17)29-4/h5-10,12-13H,11H2,1-4H3,(H,24,27)(H,25,26). The first-order chi connectivity index (χ1) is 13.9. The Labute approximate surface area is 169 Å². The van der Waals surface area contributed by atoms with Crippen molar-refractivity contribution in [2.75, 3.05) is 19.5 Å². The summed E-state index contributed by atoms with van der Waals surface area (Å²) in [5.74, 6) is 0.839. The summed E-state index contributed by atoms with van der Waals surface area (Å²) in [6.45, 7) is 4.17.